The number of nitrogens with zero attached hydrogens (tertiary/aromatic N) is 3. The van der Waals surface area contributed by atoms with Crippen LogP contribution in [0.3, 0.4) is 0 Å². The Kier molecular flexibility index (Phi) is 4.31. The number of benzene rings is 2. The fourth-order valence-corrected chi connectivity index (χ4v) is 3.32. The number of fused-ring (bicyclic) bond motifs is 1. The SMILES string of the molecule is COc1ccc(-c2nc3n(n2)[C@@H](c2ccccc2F)C(C(N)=O)=C(C)N3)cc1. The van der Waals surface area contributed by atoms with Gasteiger partial charge in [-0.25, -0.2) is 9.07 Å². The first-order valence-corrected chi connectivity index (χ1v) is 8.62. The molecule has 1 aromatic heterocycles. The zero-order valence-electron chi connectivity index (χ0n) is 15.3. The summed E-state index contributed by atoms with van der Waals surface area (Å²) in [6.45, 7) is 1.71. The molecule has 1 aliphatic heterocycles. The van der Waals surface area contributed by atoms with E-state index in [0.29, 0.717) is 28.8 Å². The summed E-state index contributed by atoms with van der Waals surface area (Å²) >= 11 is 0. The molecule has 0 saturated heterocycles. The molecule has 0 aliphatic carbocycles. The molecule has 28 heavy (non-hydrogen) atoms. The molecule has 0 saturated carbocycles. The van der Waals surface area contributed by atoms with Gasteiger partial charge in [0.15, 0.2) is 5.82 Å². The summed E-state index contributed by atoms with van der Waals surface area (Å²) in [6.07, 6.45) is 0. The van der Waals surface area contributed by atoms with Crippen molar-refractivity contribution >= 4 is 11.9 Å². The molecule has 142 valence electrons. The van der Waals surface area contributed by atoms with E-state index in [1.165, 1.54) is 10.7 Å². The molecule has 3 aromatic rings. The lowest BCUT2D eigenvalue weighted by atomic mass is 9.95. The van der Waals surface area contributed by atoms with Crippen LogP contribution in [-0.4, -0.2) is 27.8 Å². The van der Waals surface area contributed by atoms with Gasteiger partial charge in [0.25, 0.3) is 0 Å². The number of amides is 1. The summed E-state index contributed by atoms with van der Waals surface area (Å²) in [5.74, 6) is 0.453. The van der Waals surface area contributed by atoms with Crippen molar-refractivity contribution in [1.29, 1.82) is 0 Å². The highest BCUT2D eigenvalue weighted by atomic mass is 19.1. The van der Waals surface area contributed by atoms with Gasteiger partial charge in [0, 0.05) is 16.8 Å². The van der Waals surface area contributed by atoms with Gasteiger partial charge in [-0.3, -0.25) is 4.79 Å². The molecule has 0 radical (unpaired) electrons. The first kappa shape index (κ1) is 17.7. The van der Waals surface area contributed by atoms with Crippen molar-refractivity contribution in [3.63, 3.8) is 0 Å². The number of carbonyl (C=O) groups excluding carboxylic acids is 1. The molecule has 0 fully saturated rings. The largest absolute Gasteiger partial charge is 0.497 e. The highest BCUT2D eigenvalue weighted by Crippen LogP contribution is 2.37. The number of halogens is 1. The Hall–Kier alpha value is -3.68. The van der Waals surface area contributed by atoms with Crippen LogP contribution in [0.25, 0.3) is 11.4 Å². The maximum atomic E-state index is 14.6. The Balaban J connectivity index is 1.86. The van der Waals surface area contributed by atoms with E-state index in [2.05, 4.69) is 15.4 Å². The number of methoxy groups -OCH3 is 1. The number of nitrogens with one attached hydrogen (secondary N) is 1. The van der Waals surface area contributed by atoms with Gasteiger partial charge in [0.05, 0.1) is 12.7 Å². The Bertz CT molecular complexity index is 1090. The minimum absolute atomic E-state index is 0.240. The second-order valence-corrected chi connectivity index (χ2v) is 6.38. The van der Waals surface area contributed by atoms with Gasteiger partial charge in [-0.15, -0.1) is 5.10 Å². The maximum Gasteiger partial charge on any atom is 0.248 e. The molecule has 7 nitrogen and oxygen atoms in total. The normalized spacial score (nSPS) is 15.8. The van der Waals surface area contributed by atoms with E-state index >= 15 is 0 Å². The number of ether oxygens (including phenoxy) is 1. The molecule has 0 spiro atoms. The third-order valence-electron chi connectivity index (χ3n) is 4.67. The van der Waals surface area contributed by atoms with Gasteiger partial charge in [0.1, 0.15) is 17.6 Å². The van der Waals surface area contributed by atoms with E-state index in [1.807, 2.05) is 12.1 Å². The maximum absolute atomic E-state index is 14.6. The van der Waals surface area contributed by atoms with Crippen LogP contribution in [0.2, 0.25) is 0 Å². The van der Waals surface area contributed by atoms with E-state index in [-0.39, 0.29) is 5.57 Å². The van der Waals surface area contributed by atoms with Crippen LogP contribution < -0.4 is 15.8 Å². The Labute approximate surface area is 160 Å². The van der Waals surface area contributed by atoms with Crippen molar-refractivity contribution in [2.24, 2.45) is 5.73 Å². The number of nitrogens with two attached hydrogens (primary N) is 1. The molecule has 0 bridgehead atoms. The monoisotopic (exact) mass is 379 g/mol. The molecule has 2 aromatic carbocycles. The molecule has 1 amide bonds. The number of aromatic nitrogens is 3. The summed E-state index contributed by atoms with van der Waals surface area (Å²) in [6, 6.07) is 12.7. The Morgan fingerprint density at radius 2 is 1.93 bits per heavy atom. The first-order valence-electron chi connectivity index (χ1n) is 8.62. The van der Waals surface area contributed by atoms with Crippen LogP contribution in [0.1, 0.15) is 18.5 Å². The van der Waals surface area contributed by atoms with Crippen molar-refractivity contribution in [2.75, 3.05) is 12.4 Å². The number of carbonyl (C=O) groups is 1. The van der Waals surface area contributed by atoms with Crippen molar-refractivity contribution in [1.82, 2.24) is 14.8 Å². The molecule has 2 heterocycles. The number of hydrogen-bond donors (Lipinski definition) is 2. The summed E-state index contributed by atoms with van der Waals surface area (Å²) < 4.78 is 21.2. The van der Waals surface area contributed by atoms with E-state index in [0.717, 1.165) is 5.56 Å². The lowest BCUT2D eigenvalue weighted by molar-refractivity contribution is -0.115. The number of anilines is 1. The minimum atomic E-state index is -0.811. The zero-order chi connectivity index (χ0) is 19.8. The average Bonchev–Trinajstić information content (AvgIpc) is 3.11. The fourth-order valence-electron chi connectivity index (χ4n) is 3.32. The van der Waals surface area contributed by atoms with Gasteiger partial charge >= 0.3 is 0 Å². The lowest BCUT2D eigenvalue weighted by Gasteiger charge is -2.27. The van der Waals surface area contributed by atoms with Gasteiger partial charge in [-0.1, -0.05) is 18.2 Å². The minimum Gasteiger partial charge on any atom is -0.497 e. The number of rotatable bonds is 4. The first-order chi connectivity index (χ1) is 13.5. The predicted octanol–water partition coefficient (Wildman–Crippen LogP) is 2.87. The zero-order valence-corrected chi connectivity index (χ0v) is 15.3. The van der Waals surface area contributed by atoms with E-state index in [9.17, 15) is 9.18 Å². The van der Waals surface area contributed by atoms with Gasteiger partial charge < -0.3 is 15.8 Å². The van der Waals surface area contributed by atoms with Crippen molar-refractivity contribution < 1.29 is 13.9 Å². The van der Waals surface area contributed by atoms with Crippen molar-refractivity contribution in [2.45, 2.75) is 13.0 Å². The van der Waals surface area contributed by atoms with Crippen molar-refractivity contribution in [3.8, 4) is 17.1 Å². The van der Waals surface area contributed by atoms with Crippen LogP contribution in [-0.2, 0) is 4.79 Å². The molecule has 3 N–H and O–H groups in total. The standard InChI is InChI=1S/C20H18FN5O2/c1-11-16(18(22)27)17(14-5-3-4-6-15(14)21)26-20(23-11)24-19(25-26)12-7-9-13(28-2)10-8-12/h3-10,17H,1-2H3,(H2,22,27)(H,23,24,25)/t17-/m0/s1. The average molecular weight is 379 g/mol. The fraction of sp³-hybridized carbons (Fsp3) is 0.150. The second-order valence-electron chi connectivity index (χ2n) is 6.38. The molecular weight excluding hydrogens is 361 g/mol. The van der Waals surface area contributed by atoms with Gasteiger partial charge in [-0.05, 0) is 37.3 Å². The number of primary amides is 1. The van der Waals surface area contributed by atoms with Crippen LogP contribution in [0.4, 0.5) is 10.3 Å². The molecular formula is C20H18FN5O2. The smallest absolute Gasteiger partial charge is 0.248 e. The summed E-state index contributed by atoms with van der Waals surface area (Å²) in [7, 11) is 1.59. The quantitative estimate of drug-likeness (QED) is 0.727. The van der Waals surface area contributed by atoms with Crippen LogP contribution in [0.5, 0.6) is 5.75 Å². The molecule has 8 heteroatoms. The molecule has 0 unspecified atom stereocenters. The van der Waals surface area contributed by atoms with Crippen LogP contribution in [0, 0.1) is 5.82 Å². The predicted molar refractivity (Wildman–Crippen MR) is 102 cm³/mol. The van der Waals surface area contributed by atoms with Gasteiger partial charge in [0.2, 0.25) is 11.9 Å². The second kappa shape index (κ2) is 6.80. The third kappa shape index (κ3) is 2.88. The summed E-state index contributed by atoms with van der Waals surface area (Å²) in [5.41, 5.74) is 7.42. The summed E-state index contributed by atoms with van der Waals surface area (Å²) in [4.78, 5) is 16.7. The molecule has 1 atom stereocenters. The summed E-state index contributed by atoms with van der Waals surface area (Å²) in [5, 5.41) is 7.58. The molecule has 1 aliphatic rings. The van der Waals surface area contributed by atoms with E-state index < -0.39 is 17.8 Å². The molecule has 4 rings (SSSR count). The van der Waals surface area contributed by atoms with Crippen LogP contribution in [0.15, 0.2) is 59.8 Å². The van der Waals surface area contributed by atoms with Crippen LogP contribution >= 0.6 is 0 Å². The topological polar surface area (TPSA) is 95.1 Å². The van der Waals surface area contributed by atoms with E-state index in [1.54, 1.807) is 44.4 Å². The van der Waals surface area contributed by atoms with Crippen molar-refractivity contribution in [3.05, 3.63) is 71.2 Å². The Morgan fingerprint density at radius 1 is 1.21 bits per heavy atom. The third-order valence-corrected chi connectivity index (χ3v) is 4.67. The number of allylic oxidation sites excluding steroid dienone is 1. The van der Waals surface area contributed by atoms with E-state index in [4.69, 9.17) is 10.5 Å². The van der Waals surface area contributed by atoms with Gasteiger partial charge in [-0.2, -0.15) is 4.98 Å². The lowest BCUT2D eigenvalue weighted by Crippen LogP contribution is -2.32. The highest BCUT2D eigenvalue weighted by Gasteiger charge is 2.34. The highest BCUT2D eigenvalue weighted by molar-refractivity contribution is 5.95. The Morgan fingerprint density at radius 3 is 2.57 bits per heavy atom. The number of hydrogen-bond acceptors (Lipinski definition) is 5.